The summed E-state index contributed by atoms with van der Waals surface area (Å²) < 4.78 is 0. The van der Waals surface area contributed by atoms with Crippen LogP contribution in [0.3, 0.4) is 0 Å². The Kier molecular flexibility index (Phi) is 4.02. The van der Waals surface area contributed by atoms with Crippen LogP contribution < -0.4 is 5.32 Å². The van der Waals surface area contributed by atoms with Crippen LogP contribution >= 0.6 is 0 Å². The Morgan fingerprint density at radius 3 is 2.24 bits per heavy atom. The molecule has 17 heavy (non-hydrogen) atoms. The van der Waals surface area contributed by atoms with Gasteiger partial charge in [-0.15, -0.1) is 0 Å². The van der Waals surface area contributed by atoms with E-state index in [1.54, 1.807) is 24.3 Å². The predicted molar refractivity (Wildman–Crippen MR) is 63.7 cm³/mol. The topological polar surface area (TPSA) is 76.7 Å². The van der Waals surface area contributed by atoms with Gasteiger partial charge >= 0.3 is 0 Å². The lowest BCUT2D eigenvalue weighted by Crippen LogP contribution is -2.14. The normalized spacial score (nSPS) is 10.8. The molecule has 1 aromatic rings. The fraction of sp³-hybridized carbons (Fsp3) is 0.154. The van der Waals surface area contributed by atoms with E-state index in [2.05, 4.69) is 5.32 Å². The molecule has 0 aliphatic heterocycles. The Bertz CT molecular complexity index is 542. The number of carbonyl (C=O) groups is 1. The maximum Gasteiger partial charge on any atom is 0.267 e. The van der Waals surface area contributed by atoms with Crippen molar-refractivity contribution in [3.05, 3.63) is 41.0 Å². The van der Waals surface area contributed by atoms with E-state index in [1.807, 2.05) is 19.1 Å². The van der Waals surface area contributed by atoms with Gasteiger partial charge in [0, 0.05) is 11.3 Å². The molecule has 1 aromatic carbocycles. The zero-order chi connectivity index (χ0) is 12.8. The fourth-order valence-corrected chi connectivity index (χ4v) is 1.19. The Morgan fingerprint density at radius 1 is 1.18 bits per heavy atom. The first-order valence-electron chi connectivity index (χ1n) is 4.97. The minimum atomic E-state index is -0.560. The van der Waals surface area contributed by atoms with E-state index in [4.69, 9.17) is 10.5 Å². The molecule has 1 rings (SSSR count). The maximum absolute atomic E-state index is 11.7. The van der Waals surface area contributed by atoms with Crippen LogP contribution in [0.2, 0.25) is 0 Å². The Balaban J connectivity index is 2.91. The third-order valence-electron chi connectivity index (χ3n) is 2.19. The van der Waals surface area contributed by atoms with Gasteiger partial charge in [0.05, 0.1) is 6.07 Å². The number of rotatable bonds is 2. The smallest absolute Gasteiger partial charge is 0.267 e. The predicted octanol–water partition coefficient (Wildman–Crippen LogP) is 2.30. The van der Waals surface area contributed by atoms with Crippen LogP contribution in [0.4, 0.5) is 5.69 Å². The second kappa shape index (κ2) is 5.48. The molecule has 0 aliphatic carbocycles. The third kappa shape index (κ3) is 3.19. The number of nitrogens with one attached hydrogen (secondary N) is 1. The van der Waals surface area contributed by atoms with Gasteiger partial charge in [0.2, 0.25) is 0 Å². The molecular weight excluding hydrogens is 214 g/mol. The van der Waals surface area contributed by atoms with Gasteiger partial charge in [-0.25, -0.2) is 0 Å². The van der Waals surface area contributed by atoms with Crippen molar-refractivity contribution >= 4 is 11.6 Å². The number of hydrogen-bond donors (Lipinski definition) is 1. The number of nitriles is 2. The molecule has 1 amide bonds. The number of amides is 1. The van der Waals surface area contributed by atoms with Gasteiger partial charge in [-0.1, -0.05) is 17.7 Å². The van der Waals surface area contributed by atoms with Gasteiger partial charge in [-0.3, -0.25) is 4.79 Å². The lowest BCUT2D eigenvalue weighted by atomic mass is 10.1. The molecule has 0 unspecified atom stereocenters. The quantitative estimate of drug-likeness (QED) is 0.619. The number of aryl methyl sites for hydroxylation is 1. The fourth-order valence-electron chi connectivity index (χ4n) is 1.19. The molecule has 84 valence electrons. The van der Waals surface area contributed by atoms with Crippen molar-refractivity contribution in [1.82, 2.24) is 0 Å². The molecular formula is C13H11N3O. The van der Waals surface area contributed by atoms with E-state index in [1.165, 1.54) is 6.92 Å². The molecule has 4 nitrogen and oxygen atoms in total. The monoisotopic (exact) mass is 225 g/mol. The highest BCUT2D eigenvalue weighted by Crippen LogP contribution is 2.11. The van der Waals surface area contributed by atoms with Crippen LogP contribution in [-0.2, 0) is 4.79 Å². The summed E-state index contributed by atoms with van der Waals surface area (Å²) in [4.78, 5) is 11.7. The molecule has 0 bridgehead atoms. The number of nitrogens with zero attached hydrogens (tertiary/aromatic N) is 2. The summed E-state index contributed by atoms with van der Waals surface area (Å²) in [6, 6.07) is 10.7. The molecule has 0 heterocycles. The zero-order valence-electron chi connectivity index (χ0n) is 9.61. The Labute approximate surface area is 99.8 Å². The van der Waals surface area contributed by atoms with Crippen LogP contribution in [0.5, 0.6) is 0 Å². The van der Waals surface area contributed by atoms with E-state index in [0.29, 0.717) is 5.69 Å². The minimum Gasteiger partial charge on any atom is -0.321 e. The van der Waals surface area contributed by atoms with Gasteiger partial charge < -0.3 is 5.32 Å². The first kappa shape index (κ1) is 12.5. The van der Waals surface area contributed by atoms with Crippen LogP contribution in [-0.4, -0.2) is 5.91 Å². The zero-order valence-corrected chi connectivity index (χ0v) is 9.61. The first-order valence-corrected chi connectivity index (χ1v) is 4.97. The van der Waals surface area contributed by atoms with Crippen molar-refractivity contribution in [2.24, 2.45) is 0 Å². The SMILES string of the molecule is C/C(C#N)=C(\C#N)C(=O)Nc1ccc(C)cc1. The summed E-state index contributed by atoms with van der Waals surface area (Å²) in [6.45, 7) is 3.37. The summed E-state index contributed by atoms with van der Waals surface area (Å²) in [6.07, 6.45) is 0. The van der Waals surface area contributed by atoms with Crippen LogP contribution in [0.15, 0.2) is 35.4 Å². The van der Waals surface area contributed by atoms with E-state index >= 15 is 0 Å². The highest BCUT2D eigenvalue weighted by molar-refractivity contribution is 6.07. The number of hydrogen-bond acceptors (Lipinski definition) is 3. The molecule has 0 saturated heterocycles. The maximum atomic E-state index is 11.7. The van der Waals surface area contributed by atoms with E-state index in [0.717, 1.165) is 5.56 Å². The van der Waals surface area contributed by atoms with Crippen molar-refractivity contribution in [3.63, 3.8) is 0 Å². The van der Waals surface area contributed by atoms with E-state index in [-0.39, 0.29) is 11.1 Å². The first-order chi connectivity index (χ1) is 8.08. The summed E-state index contributed by atoms with van der Waals surface area (Å²) >= 11 is 0. The van der Waals surface area contributed by atoms with Gasteiger partial charge in [-0.05, 0) is 26.0 Å². The third-order valence-corrected chi connectivity index (χ3v) is 2.19. The standard InChI is InChI=1S/C13H11N3O/c1-9-3-5-11(6-4-9)16-13(17)12(8-15)10(2)7-14/h3-6H,1-2H3,(H,16,17)/b12-10-. The number of benzene rings is 1. The molecule has 1 N–H and O–H groups in total. The molecule has 0 saturated carbocycles. The van der Waals surface area contributed by atoms with E-state index < -0.39 is 5.91 Å². The number of carbonyl (C=O) groups excluding carboxylic acids is 1. The van der Waals surface area contributed by atoms with Crippen LogP contribution in [0.25, 0.3) is 0 Å². The van der Waals surface area contributed by atoms with Gasteiger partial charge in [0.15, 0.2) is 0 Å². The minimum absolute atomic E-state index is 0.108. The highest BCUT2D eigenvalue weighted by atomic mass is 16.1. The average molecular weight is 225 g/mol. The molecule has 0 aliphatic rings. The number of allylic oxidation sites excluding steroid dienone is 1. The van der Waals surface area contributed by atoms with Gasteiger partial charge in [-0.2, -0.15) is 10.5 Å². The molecule has 0 aromatic heterocycles. The summed E-state index contributed by atoms with van der Waals surface area (Å²) in [5.74, 6) is -0.560. The van der Waals surface area contributed by atoms with Crippen molar-refractivity contribution in [2.75, 3.05) is 5.32 Å². The van der Waals surface area contributed by atoms with Crippen LogP contribution in [0.1, 0.15) is 12.5 Å². The Hall–Kier alpha value is -2.59. The molecule has 4 heteroatoms. The van der Waals surface area contributed by atoms with Crippen LogP contribution in [0, 0.1) is 29.6 Å². The van der Waals surface area contributed by atoms with Gasteiger partial charge in [0.25, 0.3) is 5.91 Å². The summed E-state index contributed by atoms with van der Waals surface area (Å²) in [5, 5.41) is 20.0. The second-order valence-corrected chi connectivity index (χ2v) is 3.54. The molecule has 0 radical (unpaired) electrons. The lowest BCUT2D eigenvalue weighted by molar-refractivity contribution is -0.112. The molecule has 0 spiro atoms. The van der Waals surface area contributed by atoms with Crippen molar-refractivity contribution in [1.29, 1.82) is 10.5 Å². The lowest BCUT2D eigenvalue weighted by Gasteiger charge is -2.04. The summed E-state index contributed by atoms with van der Waals surface area (Å²) in [7, 11) is 0. The summed E-state index contributed by atoms with van der Waals surface area (Å²) in [5.41, 5.74) is 1.62. The van der Waals surface area contributed by atoms with Crippen molar-refractivity contribution in [3.8, 4) is 12.1 Å². The Morgan fingerprint density at radius 2 is 1.76 bits per heavy atom. The molecule has 0 fully saturated rings. The average Bonchev–Trinajstić information content (AvgIpc) is 2.32. The van der Waals surface area contributed by atoms with E-state index in [9.17, 15) is 4.79 Å². The van der Waals surface area contributed by atoms with Crippen molar-refractivity contribution in [2.45, 2.75) is 13.8 Å². The highest BCUT2D eigenvalue weighted by Gasteiger charge is 2.12. The second-order valence-electron chi connectivity index (χ2n) is 3.54. The van der Waals surface area contributed by atoms with Gasteiger partial charge in [0.1, 0.15) is 11.6 Å². The largest absolute Gasteiger partial charge is 0.321 e. The van der Waals surface area contributed by atoms with Crippen molar-refractivity contribution < 1.29 is 4.79 Å². The number of anilines is 1. The molecule has 0 atom stereocenters.